The third-order valence-corrected chi connectivity index (χ3v) is 13.5. The van der Waals surface area contributed by atoms with Gasteiger partial charge in [0.15, 0.2) is 6.61 Å². The smallest absolute Gasteiger partial charge is 0.244 e. The van der Waals surface area contributed by atoms with Gasteiger partial charge in [-0.15, -0.1) is 19.8 Å². The molecule has 0 saturated carbocycles. The molecule has 3 atom stereocenters. The molecule has 1 fully saturated rings. The SMILES string of the molecule is CC(=N)C1=C(\NCCO)CN(C)CC(C)Oc2c(cnn2-n2nc3c4cc(ncc42)-c2c(C)nn(C)c2OC(C)C2CCCN2Cc2c(c(OCC#N)nn2CCO)/C=C/3)-c2cc3c(n[nH]c3c(C)n2)\C=C\1. The number of aromatic nitrogens is 12. The molecule has 0 aliphatic carbocycles. The topological polar surface area (TPSA) is 260 Å². The molecule has 22 nitrogen and oxygen atoms in total. The molecule has 0 spiro atoms. The van der Waals surface area contributed by atoms with Crippen molar-refractivity contribution in [2.75, 3.05) is 53.0 Å². The molecule has 1 saturated heterocycles. The van der Waals surface area contributed by atoms with Gasteiger partial charge in [0.2, 0.25) is 17.6 Å². The summed E-state index contributed by atoms with van der Waals surface area (Å²) in [7, 11) is 3.86. The summed E-state index contributed by atoms with van der Waals surface area (Å²) in [6.07, 6.45) is 12.3. The van der Waals surface area contributed by atoms with Crippen LogP contribution in [0.5, 0.6) is 17.6 Å². The number of likely N-dealkylation sites (N-methyl/N-ethyl adjacent to an activating group) is 1. The van der Waals surface area contributed by atoms with Crippen molar-refractivity contribution in [2.24, 2.45) is 7.05 Å². The van der Waals surface area contributed by atoms with Gasteiger partial charge in [-0.2, -0.15) is 20.6 Å². The van der Waals surface area contributed by atoms with E-state index in [0.717, 1.165) is 58.3 Å². The number of aryl methyl sites for hydroxylation is 3. The Morgan fingerprint density at radius 3 is 2.57 bits per heavy atom. The molecule has 4 bridgehead atoms. The monoisotopic (exact) mass is 977 g/mol. The lowest BCUT2D eigenvalue weighted by Crippen LogP contribution is -2.41. The summed E-state index contributed by atoms with van der Waals surface area (Å²) in [6.45, 7) is 12.0. The maximum Gasteiger partial charge on any atom is 0.244 e. The van der Waals surface area contributed by atoms with Gasteiger partial charge in [-0.05, 0) is 97.5 Å². The van der Waals surface area contributed by atoms with Gasteiger partial charge in [0, 0.05) is 67.0 Å². The van der Waals surface area contributed by atoms with E-state index < -0.39 is 6.10 Å². The van der Waals surface area contributed by atoms with Gasteiger partial charge in [-0.1, -0.05) is 0 Å². The normalized spacial score (nSPS) is 20.6. The van der Waals surface area contributed by atoms with Crippen molar-refractivity contribution >= 4 is 45.7 Å². The number of ether oxygens (including phenoxy) is 3. The second-order valence-corrected chi connectivity index (χ2v) is 18.6. The highest BCUT2D eigenvalue weighted by Gasteiger charge is 2.35. The fourth-order valence-corrected chi connectivity index (χ4v) is 10.3. The van der Waals surface area contributed by atoms with E-state index >= 15 is 0 Å². The number of nitriles is 1. The van der Waals surface area contributed by atoms with Gasteiger partial charge in [-0.25, -0.2) is 4.68 Å². The van der Waals surface area contributed by atoms with E-state index in [1.165, 1.54) is 0 Å². The number of allylic oxidation sites excluding steroid dienone is 2. The lowest BCUT2D eigenvalue weighted by atomic mass is 10.1. The van der Waals surface area contributed by atoms with E-state index in [2.05, 4.69) is 38.3 Å². The third-order valence-electron chi connectivity index (χ3n) is 13.5. The number of nitrogens with zero attached hydrogens (tertiary/aromatic N) is 14. The average molecular weight is 978 g/mol. The van der Waals surface area contributed by atoms with Crippen LogP contribution in [-0.4, -0.2) is 157 Å². The molecule has 3 unspecified atom stereocenters. The van der Waals surface area contributed by atoms with E-state index in [9.17, 15) is 15.5 Å². The van der Waals surface area contributed by atoms with Gasteiger partial charge in [0.1, 0.15) is 23.8 Å². The van der Waals surface area contributed by atoms with E-state index in [1.54, 1.807) is 38.3 Å². The van der Waals surface area contributed by atoms with Crippen molar-refractivity contribution in [1.29, 1.82) is 10.7 Å². The van der Waals surface area contributed by atoms with E-state index in [0.29, 0.717) is 94.3 Å². The minimum absolute atomic E-state index is 0.0541. The van der Waals surface area contributed by atoms with Crippen LogP contribution in [0.25, 0.3) is 62.5 Å². The highest BCUT2D eigenvalue weighted by Crippen LogP contribution is 2.39. The molecule has 7 aromatic rings. The molecule has 3 aliphatic heterocycles. The number of aliphatic hydroxyl groups excluding tert-OH is 2. The Hall–Kier alpha value is -7.71. The van der Waals surface area contributed by atoms with Crippen molar-refractivity contribution < 1.29 is 24.4 Å². The summed E-state index contributed by atoms with van der Waals surface area (Å²) in [4.78, 5) is 17.9. The molecule has 72 heavy (non-hydrogen) atoms. The van der Waals surface area contributed by atoms with Crippen LogP contribution in [0.3, 0.4) is 0 Å². The second-order valence-electron chi connectivity index (χ2n) is 18.6. The minimum Gasteiger partial charge on any atom is -0.473 e. The number of fused-ring (bicyclic) bond motifs is 8. The zero-order valence-electron chi connectivity index (χ0n) is 41.5. The first-order chi connectivity index (χ1) is 34.8. The zero-order chi connectivity index (χ0) is 50.4. The fraction of sp³-hybridized carbons (Fsp3) is 0.420. The number of aliphatic hydroxyl groups is 2. The fourth-order valence-electron chi connectivity index (χ4n) is 10.3. The summed E-state index contributed by atoms with van der Waals surface area (Å²) in [5, 5.41) is 71.0. The lowest BCUT2D eigenvalue weighted by Gasteiger charge is -2.30. The minimum atomic E-state index is -0.419. The maximum atomic E-state index is 10.2. The van der Waals surface area contributed by atoms with Crippen LogP contribution in [0.2, 0.25) is 0 Å². The molecule has 5 N–H and O–H groups in total. The number of H-pyrrole nitrogens is 1. The van der Waals surface area contributed by atoms with Crippen molar-refractivity contribution in [3.63, 3.8) is 0 Å². The summed E-state index contributed by atoms with van der Waals surface area (Å²) in [5.74, 6) is 1.25. The quantitative estimate of drug-likeness (QED) is 0.125. The number of aromatic amines is 1. The Kier molecular flexibility index (Phi) is 13.2. The molecule has 22 heteroatoms. The Balaban J connectivity index is 1.17. The summed E-state index contributed by atoms with van der Waals surface area (Å²) in [6, 6.07) is 6.08. The van der Waals surface area contributed by atoms with Crippen LogP contribution >= 0.6 is 0 Å². The number of pyridine rings is 2. The zero-order valence-corrected chi connectivity index (χ0v) is 41.5. The largest absolute Gasteiger partial charge is 0.473 e. The van der Waals surface area contributed by atoms with Crippen molar-refractivity contribution in [1.82, 2.24) is 74.6 Å². The van der Waals surface area contributed by atoms with Crippen LogP contribution in [0.15, 0.2) is 41.9 Å². The summed E-state index contributed by atoms with van der Waals surface area (Å²) >= 11 is 0. The lowest BCUT2D eigenvalue weighted by molar-refractivity contribution is 0.0920. The first kappa shape index (κ1) is 47.9. The van der Waals surface area contributed by atoms with Gasteiger partial charge in [0.05, 0.1) is 94.2 Å². The van der Waals surface area contributed by atoms with E-state index in [1.807, 2.05) is 71.3 Å². The molecule has 10 heterocycles. The molecule has 0 amide bonds. The van der Waals surface area contributed by atoms with Crippen LogP contribution in [0.1, 0.15) is 67.6 Å². The van der Waals surface area contributed by atoms with E-state index in [-0.39, 0.29) is 44.4 Å². The van der Waals surface area contributed by atoms with Crippen LogP contribution < -0.4 is 19.5 Å². The van der Waals surface area contributed by atoms with Crippen molar-refractivity contribution in [3.05, 3.63) is 75.9 Å². The Labute approximate surface area is 415 Å². The van der Waals surface area contributed by atoms with Gasteiger partial charge < -0.3 is 35.1 Å². The predicted octanol–water partition coefficient (Wildman–Crippen LogP) is 4.50. The Bertz CT molecular complexity index is 3340. The Morgan fingerprint density at radius 1 is 0.958 bits per heavy atom. The third kappa shape index (κ3) is 8.88. The highest BCUT2D eigenvalue weighted by molar-refractivity contribution is 6.01. The number of hydrogen-bond acceptors (Lipinski definition) is 17. The van der Waals surface area contributed by atoms with Gasteiger partial charge in [0.25, 0.3) is 0 Å². The first-order valence-corrected chi connectivity index (χ1v) is 24.2. The highest BCUT2D eigenvalue weighted by atomic mass is 16.5. The van der Waals surface area contributed by atoms with Gasteiger partial charge in [-0.3, -0.25) is 29.5 Å². The molecule has 3 aliphatic rings. The van der Waals surface area contributed by atoms with Crippen molar-refractivity contribution in [2.45, 2.75) is 78.8 Å². The average Bonchev–Trinajstić information content (AvgIpc) is 4.22. The van der Waals surface area contributed by atoms with Gasteiger partial charge >= 0.3 is 0 Å². The molecular formula is C50H59N17O5. The molecular weight excluding hydrogens is 919 g/mol. The number of nitrogens with one attached hydrogen (secondary N) is 3. The van der Waals surface area contributed by atoms with Crippen molar-refractivity contribution in [3.8, 4) is 46.2 Å². The Morgan fingerprint density at radius 2 is 1.78 bits per heavy atom. The number of rotatable bonds is 9. The maximum absolute atomic E-state index is 10.2. The second kappa shape index (κ2) is 19.8. The summed E-state index contributed by atoms with van der Waals surface area (Å²) in [5.41, 5.74) is 9.99. The van der Waals surface area contributed by atoms with Crippen LogP contribution in [0, 0.1) is 30.6 Å². The van der Waals surface area contributed by atoms with E-state index in [4.69, 9.17) is 50.0 Å². The predicted molar refractivity (Wildman–Crippen MR) is 270 cm³/mol. The van der Waals surface area contributed by atoms with Crippen LogP contribution in [0.4, 0.5) is 0 Å². The molecule has 374 valence electrons. The molecule has 7 aromatic heterocycles. The molecule has 0 aromatic carbocycles. The molecule has 0 radical (unpaired) electrons. The first-order valence-electron chi connectivity index (χ1n) is 24.2. The number of hydrogen-bond donors (Lipinski definition) is 5. The molecule has 10 rings (SSSR count). The standard InChI is InChI=1S/C50H59N17O5/c1-28-25-62(6)26-42(53-15-18-68)33(29(2)52)10-12-38-36-22-40(56-31(4)47(36)58-57-38)37-23-55-67(49(37)71-28)66-44-24-54-41-21-35(44)39(60-66)13-11-34-45(65(17-19-69)61-48(34)70-20-14-51)27-64-16-8-9-43(64)32(5)72-50-46(41)30(3)59-63(50)7/h10-13,21-24,28,32,43,52-53,68-69H,8-9,15-20,25-27H2,1-7H3,(H,57,58)/b12-10+,13-11+,42-33-,52-29?. The van der Waals surface area contributed by atoms with Crippen LogP contribution in [-0.2, 0) is 20.1 Å². The summed E-state index contributed by atoms with van der Waals surface area (Å²) < 4.78 is 23.4.